The van der Waals surface area contributed by atoms with Crippen molar-refractivity contribution in [3.8, 4) is 0 Å². The molecule has 0 aliphatic carbocycles. The van der Waals surface area contributed by atoms with E-state index in [0.29, 0.717) is 5.52 Å². The molecule has 15 heavy (non-hydrogen) atoms. The van der Waals surface area contributed by atoms with E-state index in [0.717, 1.165) is 5.52 Å². The lowest BCUT2D eigenvalue weighted by atomic mass is 10.3. The third-order valence-corrected chi connectivity index (χ3v) is 1.99. The van der Waals surface area contributed by atoms with Crippen molar-refractivity contribution in [1.29, 1.82) is 0 Å². The number of nitrogens with zero attached hydrogens (tertiary/aromatic N) is 1. The molecule has 3 N–H and O–H groups in total. The van der Waals surface area contributed by atoms with Crippen molar-refractivity contribution in [2.75, 3.05) is 0 Å². The Labute approximate surface area is 92.7 Å². The number of hydrogen-bond acceptors (Lipinski definition) is 2. The highest BCUT2D eigenvalue weighted by molar-refractivity contribution is 7.80. The molecule has 0 saturated carbocycles. The smallest absolute Gasteiger partial charge is 0.332 e. The summed E-state index contributed by atoms with van der Waals surface area (Å²) in [6, 6.07) is 7.24. The van der Waals surface area contributed by atoms with Crippen LogP contribution in [0, 0.1) is 0 Å². The molecule has 4 nitrogen and oxygen atoms in total. The van der Waals surface area contributed by atoms with Crippen LogP contribution in [0.5, 0.6) is 0 Å². The van der Waals surface area contributed by atoms with Crippen LogP contribution in [0.2, 0.25) is 0 Å². The number of fused-ring (bicyclic) bond motifs is 1. The number of nitrogens with one attached hydrogen (secondary N) is 1. The van der Waals surface area contributed by atoms with E-state index in [1.54, 1.807) is 12.1 Å². The Balaban J connectivity index is 0.000000531. The highest BCUT2D eigenvalue weighted by Gasteiger charge is 2.06. The molecule has 0 aliphatic heterocycles. The van der Waals surface area contributed by atoms with Gasteiger partial charge in [-0.25, -0.2) is 9.36 Å². The standard InChI is InChI=1S/C8H7N3OS.C2H6/c9-7(13)11-6-4-2-1-3-5(6)10-8(11)12;1-2/h1-4H,(H2,9,13)(H,10,12);1-2H3. The van der Waals surface area contributed by atoms with Crippen molar-refractivity contribution in [3.63, 3.8) is 0 Å². The van der Waals surface area contributed by atoms with Gasteiger partial charge in [0.15, 0.2) is 5.11 Å². The predicted octanol–water partition coefficient (Wildman–Crippen LogP) is 1.45. The van der Waals surface area contributed by atoms with E-state index in [9.17, 15) is 4.79 Å². The molecule has 0 aliphatic rings. The Morgan fingerprint density at radius 3 is 2.60 bits per heavy atom. The van der Waals surface area contributed by atoms with Gasteiger partial charge in [0.1, 0.15) is 0 Å². The first-order chi connectivity index (χ1) is 7.20. The van der Waals surface area contributed by atoms with Crippen molar-refractivity contribution in [3.05, 3.63) is 34.7 Å². The quantitative estimate of drug-likeness (QED) is 0.664. The summed E-state index contributed by atoms with van der Waals surface area (Å²) in [5.74, 6) is 0. The van der Waals surface area contributed by atoms with Crippen molar-refractivity contribution < 1.29 is 0 Å². The predicted molar refractivity (Wildman–Crippen MR) is 66.1 cm³/mol. The average Bonchev–Trinajstić information content (AvgIpc) is 2.56. The fraction of sp³-hybridized carbons (Fsp3) is 0.200. The van der Waals surface area contributed by atoms with Gasteiger partial charge in [-0.1, -0.05) is 26.0 Å². The van der Waals surface area contributed by atoms with E-state index in [2.05, 4.69) is 4.98 Å². The van der Waals surface area contributed by atoms with Crippen molar-refractivity contribution in [1.82, 2.24) is 9.55 Å². The number of para-hydroxylation sites is 2. The lowest BCUT2D eigenvalue weighted by Gasteiger charge is -1.96. The maximum absolute atomic E-state index is 11.3. The van der Waals surface area contributed by atoms with Crippen LogP contribution in [0.4, 0.5) is 0 Å². The molecule has 2 rings (SSSR count). The molecule has 1 heterocycles. The summed E-state index contributed by atoms with van der Waals surface area (Å²) < 4.78 is 1.27. The number of aromatic amines is 1. The van der Waals surface area contributed by atoms with Crippen LogP contribution in [0.3, 0.4) is 0 Å². The SMILES string of the molecule is CC.NC(=S)n1c(=O)[nH]c2ccccc21. The Kier molecular flexibility index (Phi) is 3.62. The number of nitrogens with two attached hydrogens (primary N) is 1. The van der Waals surface area contributed by atoms with Crippen LogP contribution in [0.1, 0.15) is 13.8 Å². The van der Waals surface area contributed by atoms with Gasteiger partial charge in [-0.05, 0) is 24.4 Å². The second-order valence-corrected chi connectivity index (χ2v) is 3.04. The number of rotatable bonds is 0. The van der Waals surface area contributed by atoms with Gasteiger partial charge < -0.3 is 10.7 Å². The highest BCUT2D eigenvalue weighted by Crippen LogP contribution is 2.07. The molecule has 0 spiro atoms. The lowest BCUT2D eigenvalue weighted by Crippen LogP contribution is -2.29. The number of H-pyrrole nitrogens is 1. The summed E-state index contributed by atoms with van der Waals surface area (Å²) in [5, 5.41) is 0.0578. The highest BCUT2D eigenvalue weighted by atomic mass is 32.1. The zero-order valence-corrected chi connectivity index (χ0v) is 9.47. The van der Waals surface area contributed by atoms with Crippen LogP contribution in [-0.2, 0) is 0 Å². The first-order valence-corrected chi connectivity index (χ1v) is 5.10. The monoisotopic (exact) mass is 223 g/mol. The van der Waals surface area contributed by atoms with Crippen LogP contribution in [-0.4, -0.2) is 14.7 Å². The fourth-order valence-corrected chi connectivity index (χ4v) is 1.45. The molecule has 0 saturated heterocycles. The fourth-order valence-electron chi connectivity index (χ4n) is 1.27. The minimum absolute atomic E-state index is 0.0578. The molecule has 1 aromatic heterocycles. The third-order valence-electron chi connectivity index (χ3n) is 1.81. The third kappa shape index (κ3) is 2.07. The van der Waals surface area contributed by atoms with E-state index in [-0.39, 0.29) is 10.8 Å². The van der Waals surface area contributed by atoms with E-state index in [4.69, 9.17) is 18.0 Å². The first-order valence-electron chi connectivity index (χ1n) is 4.70. The van der Waals surface area contributed by atoms with Crippen LogP contribution < -0.4 is 11.4 Å². The number of imidazole rings is 1. The Hall–Kier alpha value is -1.62. The maximum atomic E-state index is 11.3. The van der Waals surface area contributed by atoms with E-state index in [1.807, 2.05) is 26.0 Å². The topological polar surface area (TPSA) is 63.8 Å². The van der Waals surface area contributed by atoms with Crippen LogP contribution >= 0.6 is 12.2 Å². The molecule has 0 bridgehead atoms. The second-order valence-electron chi connectivity index (χ2n) is 2.62. The Bertz CT molecular complexity index is 527. The molecule has 0 radical (unpaired) electrons. The second kappa shape index (κ2) is 4.75. The summed E-state index contributed by atoms with van der Waals surface area (Å²) in [7, 11) is 0. The van der Waals surface area contributed by atoms with E-state index in [1.165, 1.54) is 4.57 Å². The molecule has 2 aromatic rings. The Morgan fingerprint density at radius 1 is 1.40 bits per heavy atom. The molecule has 5 heteroatoms. The average molecular weight is 223 g/mol. The Morgan fingerprint density at radius 2 is 2.00 bits per heavy atom. The van der Waals surface area contributed by atoms with Gasteiger partial charge in [-0.2, -0.15) is 0 Å². The number of aromatic nitrogens is 2. The summed E-state index contributed by atoms with van der Waals surface area (Å²) >= 11 is 4.75. The van der Waals surface area contributed by atoms with E-state index < -0.39 is 0 Å². The van der Waals surface area contributed by atoms with E-state index >= 15 is 0 Å². The minimum atomic E-state index is -0.297. The van der Waals surface area contributed by atoms with Gasteiger partial charge in [0, 0.05) is 0 Å². The zero-order valence-electron chi connectivity index (χ0n) is 8.65. The zero-order chi connectivity index (χ0) is 11.4. The van der Waals surface area contributed by atoms with Gasteiger partial charge in [0.25, 0.3) is 0 Å². The van der Waals surface area contributed by atoms with Crippen LogP contribution in [0.15, 0.2) is 29.1 Å². The molecule has 80 valence electrons. The maximum Gasteiger partial charge on any atom is 0.332 e. The summed E-state index contributed by atoms with van der Waals surface area (Å²) in [6.45, 7) is 4.00. The van der Waals surface area contributed by atoms with Gasteiger partial charge in [0.2, 0.25) is 0 Å². The minimum Gasteiger partial charge on any atom is -0.375 e. The van der Waals surface area contributed by atoms with Gasteiger partial charge in [0.05, 0.1) is 11.0 Å². The number of benzene rings is 1. The summed E-state index contributed by atoms with van der Waals surface area (Å²) in [5.41, 5.74) is 6.55. The van der Waals surface area contributed by atoms with Crippen molar-refractivity contribution in [2.24, 2.45) is 5.73 Å². The molecular weight excluding hydrogens is 210 g/mol. The number of thiocarbonyl (C=S) groups is 1. The number of hydrogen-bond donors (Lipinski definition) is 2. The molecule has 0 amide bonds. The van der Waals surface area contributed by atoms with Crippen molar-refractivity contribution in [2.45, 2.75) is 13.8 Å². The van der Waals surface area contributed by atoms with Crippen molar-refractivity contribution >= 4 is 28.4 Å². The molecule has 1 aromatic carbocycles. The molecule has 0 unspecified atom stereocenters. The van der Waals surface area contributed by atoms with Gasteiger partial charge in [-0.3, -0.25) is 0 Å². The first kappa shape index (κ1) is 11.5. The molecule has 0 atom stereocenters. The van der Waals surface area contributed by atoms with Gasteiger partial charge in [-0.15, -0.1) is 0 Å². The molecule has 0 fully saturated rings. The lowest BCUT2D eigenvalue weighted by molar-refractivity contribution is 1.08. The normalized spacial score (nSPS) is 9.47. The molecular formula is C10H13N3OS. The summed E-state index contributed by atoms with van der Waals surface area (Å²) in [6.07, 6.45) is 0. The van der Waals surface area contributed by atoms with Crippen LogP contribution in [0.25, 0.3) is 11.0 Å². The van der Waals surface area contributed by atoms with Gasteiger partial charge >= 0.3 is 5.69 Å². The summed E-state index contributed by atoms with van der Waals surface area (Å²) in [4.78, 5) is 14.0. The largest absolute Gasteiger partial charge is 0.375 e.